The van der Waals surface area contributed by atoms with Gasteiger partial charge in [-0.25, -0.2) is 4.39 Å². The van der Waals surface area contributed by atoms with Gasteiger partial charge in [0.2, 0.25) is 0 Å². The predicted octanol–water partition coefficient (Wildman–Crippen LogP) is 2.01. The molecule has 2 rings (SSSR count). The maximum Gasteiger partial charge on any atom is 0.135 e. The Kier molecular flexibility index (Phi) is 3.66. The van der Waals surface area contributed by atoms with Crippen molar-refractivity contribution >= 4 is 34.7 Å². The minimum atomic E-state index is -0.330. The lowest BCUT2D eigenvalue weighted by molar-refractivity contribution is 0.624. The largest absolute Gasteiger partial charge is 0.389 e. The van der Waals surface area contributed by atoms with Crippen LogP contribution in [0.25, 0.3) is 0 Å². The molecular weight excluding hydrogens is 243 g/mol. The third-order valence-corrected chi connectivity index (χ3v) is 3.76. The number of anilines is 1. The highest BCUT2D eigenvalue weighted by Crippen LogP contribution is 2.22. The monoisotopic (exact) mass is 256 g/mol. The van der Waals surface area contributed by atoms with Crippen LogP contribution >= 0.6 is 24.0 Å². The molecule has 1 aromatic rings. The number of nitrogens with two attached hydrogens (primary N) is 1. The lowest BCUT2D eigenvalue weighted by Crippen LogP contribution is -2.32. The van der Waals surface area contributed by atoms with Crippen LogP contribution in [0.4, 0.5) is 10.1 Å². The summed E-state index contributed by atoms with van der Waals surface area (Å²) in [5.41, 5.74) is 6.66. The molecule has 5 heteroatoms. The van der Waals surface area contributed by atoms with Gasteiger partial charge in [-0.15, -0.1) is 0 Å². The van der Waals surface area contributed by atoms with Crippen LogP contribution < -0.4 is 10.6 Å². The summed E-state index contributed by atoms with van der Waals surface area (Å²) in [4.78, 5) is 2.29. The fourth-order valence-electron chi connectivity index (χ4n) is 1.72. The van der Waals surface area contributed by atoms with E-state index in [1.165, 1.54) is 6.07 Å². The molecule has 1 saturated heterocycles. The van der Waals surface area contributed by atoms with Crippen LogP contribution in [0.15, 0.2) is 18.2 Å². The van der Waals surface area contributed by atoms with Crippen LogP contribution in [-0.2, 0) is 0 Å². The van der Waals surface area contributed by atoms with Crippen LogP contribution in [0, 0.1) is 5.82 Å². The van der Waals surface area contributed by atoms with Gasteiger partial charge in [-0.1, -0.05) is 12.2 Å². The van der Waals surface area contributed by atoms with Gasteiger partial charge in [-0.2, -0.15) is 11.8 Å². The van der Waals surface area contributed by atoms with Gasteiger partial charge in [-0.05, 0) is 18.2 Å². The van der Waals surface area contributed by atoms with E-state index in [-0.39, 0.29) is 10.8 Å². The first-order chi connectivity index (χ1) is 7.68. The lowest BCUT2D eigenvalue weighted by Gasteiger charge is -2.28. The van der Waals surface area contributed by atoms with Crippen molar-refractivity contribution in [1.29, 1.82) is 0 Å². The molecule has 16 heavy (non-hydrogen) atoms. The quantitative estimate of drug-likeness (QED) is 0.820. The topological polar surface area (TPSA) is 29.3 Å². The fourth-order valence-corrected chi connectivity index (χ4v) is 2.79. The number of benzene rings is 1. The summed E-state index contributed by atoms with van der Waals surface area (Å²) in [6.45, 7) is 1.94. The molecule has 1 aliphatic rings. The minimum Gasteiger partial charge on any atom is -0.389 e. The second kappa shape index (κ2) is 5.01. The number of hydrogen-bond donors (Lipinski definition) is 1. The molecule has 0 amide bonds. The standard InChI is InChI=1S/C11H13FN2S2/c12-10-7-8(1-2-9(10)11(13)15)14-3-5-16-6-4-14/h1-2,7H,3-6H2,(H2,13,15). The highest BCUT2D eigenvalue weighted by molar-refractivity contribution is 7.99. The van der Waals surface area contributed by atoms with E-state index >= 15 is 0 Å². The average Bonchev–Trinajstić information content (AvgIpc) is 2.29. The van der Waals surface area contributed by atoms with E-state index in [2.05, 4.69) is 4.90 Å². The van der Waals surface area contributed by atoms with Gasteiger partial charge in [0.05, 0.1) is 0 Å². The zero-order chi connectivity index (χ0) is 11.5. The van der Waals surface area contributed by atoms with Gasteiger partial charge in [-0.3, -0.25) is 0 Å². The Hall–Kier alpha value is -0.810. The normalized spacial score (nSPS) is 16.2. The molecule has 0 atom stereocenters. The van der Waals surface area contributed by atoms with E-state index in [1.807, 2.05) is 17.8 Å². The summed E-state index contributed by atoms with van der Waals surface area (Å²) in [6.07, 6.45) is 0. The molecule has 2 N–H and O–H groups in total. The van der Waals surface area contributed by atoms with Crippen molar-refractivity contribution < 1.29 is 4.39 Å². The third kappa shape index (κ3) is 2.47. The van der Waals surface area contributed by atoms with Gasteiger partial charge in [0.1, 0.15) is 10.8 Å². The molecule has 0 bridgehead atoms. The van der Waals surface area contributed by atoms with Gasteiger partial charge < -0.3 is 10.6 Å². The van der Waals surface area contributed by atoms with E-state index < -0.39 is 0 Å². The number of thioether (sulfide) groups is 1. The number of halogens is 1. The molecule has 1 heterocycles. The Morgan fingerprint density at radius 1 is 1.38 bits per heavy atom. The zero-order valence-electron chi connectivity index (χ0n) is 8.78. The van der Waals surface area contributed by atoms with E-state index in [9.17, 15) is 4.39 Å². The highest BCUT2D eigenvalue weighted by atomic mass is 32.2. The van der Waals surface area contributed by atoms with Gasteiger partial charge >= 0.3 is 0 Å². The number of nitrogens with zero attached hydrogens (tertiary/aromatic N) is 1. The summed E-state index contributed by atoms with van der Waals surface area (Å²) in [6, 6.07) is 5.06. The van der Waals surface area contributed by atoms with E-state index in [0.717, 1.165) is 30.3 Å². The maximum atomic E-state index is 13.7. The molecule has 86 valence electrons. The van der Waals surface area contributed by atoms with Crippen LogP contribution in [0.5, 0.6) is 0 Å². The summed E-state index contributed by atoms with van der Waals surface area (Å²) < 4.78 is 13.7. The number of thiocarbonyl (C=S) groups is 1. The summed E-state index contributed by atoms with van der Waals surface area (Å²) in [5.74, 6) is 1.86. The summed E-state index contributed by atoms with van der Waals surface area (Å²) >= 11 is 6.70. The first-order valence-electron chi connectivity index (χ1n) is 5.10. The zero-order valence-corrected chi connectivity index (χ0v) is 10.4. The molecule has 0 radical (unpaired) electrons. The molecule has 2 nitrogen and oxygen atoms in total. The molecule has 0 aliphatic carbocycles. The average molecular weight is 256 g/mol. The Balaban J connectivity index is 2.23. The van der Waals surface area contributed by atoms with Crippen molar-refractivity contribution in [3.05, 3.63) is 29.6 Å². The maximum absolute atomic E-state index is 13.7. The molecule has 0 unspecified atom stereocenters. The molecular formula is C11H13FN2S2. The van der Waals surface area contributed by atoms with Gasteiger partial charge in [0.15, 0.2) is 0 Å². The number of hydrogen-bond acceptors (Lipinski definition) is 3. The molecule has 0 spiro atoms. The molecule has 1 fully saturated rings. The predicted molar refractivity (Wildman–Crippen MR) is 71.8 cm³/mol. The molecule has 0 aromatic heterocycles. The third-order valence-electron chi connectivity index (χ3n) is 2.59. The first kappa shape index (κ1) is 11.7. The van der Waals surface area contributed by atoms with Crippen molar-refractivity contribution in [3.63, 3.8) is 0 Å². The SMILES string of the molecule is NC(=S)c1ccc(N2CCSCC2)cc1F. The van der Waals surface area contributed by atoms with Gasteiger partial charge in [0, 0.05) is 35.8 Å². The molecule has 1 aromatic carbocycles. The van der Waals surface area contributed by atoms with Crippen molar-refractivity contribution in [2.24, 2.45) is 5.73 Å². The highest BCUT2D eigenvalue weighted by Gasteiger charge is 2.13. The van der Waals surface area contributed by atoms with Gasteiger partial charge in [0.25, 0.3) is 0 Å². The van der Waals surface area contributed by atoms with Crippen LogP contribution in [0.1, 0.15) is 5.56 Å². The van der Waals surface area contributed by atoms with E-state index in [1.54, 1.807) is 6.07 Å². The van der Waals surface area contributed by atoms with E-state index in [4.69, 9.17) is 18.0 Å². The summed E-state index contributed by atoms with van der Waals surface area (Å²) in [5, 5.41) is 0. The second-order valence-corrected chi connectivity index (χ2v) is 5.29. The van der Waals surface area contributed by atoms with E-state index in [0.29, 0.717) is 5.56 Å². The van der Waals surface area contributed by atoms with Crippen LogP contribution in [0.2, 0.25) is 0 Å². The van der Waals surface area contributed by atoms with Crippen molar-refractivity contribution in [2.75, 3.05) is 29.5 Å². The first-order valence-corrected chi connectivity index (χ1v) is 6.67. The smallest absolute Gasteiger partial charge is 0.135 e. The van der Waals surface area contributed by atoms with Crippen LogP contribution in [0.3, 0.4) is 0 Å². The summed E-state index contributed by atoms with van der Waals surface area (Å²) in [7, 11) is 0. The Morgan fingerprint density at radius 3 is 2.62 bits per heavy atom. The number of rotatable bonds is 2. The Bertz CT molecular complexity index is 403. The lowest BCUT2D eigenvalue weighted by atomic mass is 10.2. The van der Waals surface area contributed by atoms with Crippen molar-refractivity contribution in [1.82, 2.24) is 0 Å². The molecule has 1 aliphatic heterocycles. The fraction of sp³-hybridized carbons (Fsp3) is 0.364. The minimum absolute atomic E-state index is 0.109. The Morgan fingerprint density at radius 2 is 2.06 bits per heavy atom. The van der Waals surface area contributed by atoms with Crippen molar-refractivity contribution in [2.45, 2.75) is 0 Å². The molecule has 0 saturated carbocycles. The second-order valence-electron chi connectivity index (χ2n) is 3.63. The van der Waals surface area contributed by atoms with Crippen LogP contribution in [-0.4, -0.2) is 29.6 Å². The van der Waals surface area contributed by atoms with Crippen molar-refractivity contribution in [3.8, 4) is 0 Å². The Labute approximate surface area is 104 Å².